The fraction of sp³-hybridized carbons (Fsp3) is 0.400. The van der Waals surface area contributed by atoms with Crippen LogP contribution in [0.5, 0.6) is 0 Å². The second kappa shape index (κ2) is 4.70. The van der Waals surface area contributed by atoms with Gasteiger partial charge >= 0.3 is 0 Å². The van der Waals surface area contributed by atoms with E-state index in [1.54, 1.807) is 12.1 Å². The van der Waals surface area contributed by atoms with Crippen molar-refractivity contribution in [2.75, 3.05) is 0 Å². The average Bonchev–Trinajstić information content (AvgIpc) is 2.16. The summed E-state index contributed by atoms with van der Waals surface area (Å²) < 4.78 is 12.5. The first-order chi connectivity index (χ1) is 6.27. The van der Waals surface area contributed by atoms with Gasteiger partial charge in [-0.25, -0.2) is 4.39 Å². The minimum Gasteiger partial charge on any atom is -0.207 e. The van der Waals surface area contributed by atoms with Crippen LogP contribution in [-0.2, 0) is 0 Å². The summed E-state index contributed by atoms with van der Waals surface area (Å²) >= 11 is 0. The lowest BCUT2D eigenvalue weighted by Gasteiger charge is -2.06. The van der Waals surface area contributed by atoms with Gasteiger partial charge in [0.2, 0.25) is 0 Å². The lowest BCUT2D eigenvalue weighted by atomic mass is 10.0. The molecule has 0 radical (unpaired) electrons. The molecule has 1 atom stereocenters. The van der Waals surface area contributed by atoms with E-state index in [0.717, 1.165) is 18.4 Å². The summed E-state index contributed by atoms with van der Waals surface area (Å²) in [4.78, 5) is 10.4. The molecule has 0 aliphatic heterocycles. The number of hydrogen-bond donors (Lipinski definition) is 0. The first-order valence-electron chi connectivity index (χ1n) is 4.36. The zero-order chi connectivity index (χ0) is 9.68. The summed E-state index contributed by atoms with van der Waals surface area (Å²) in [5, 5.41) is 3.01. The van der Waals surface area contributed by atoms with Gasteiger partial charge in [0.15, 0.2) is 0 Å². The van der Waals surface area contributed by atoms with Gasteiger partial charge in [-0.15, -0.1) is 0 Å². The molecule has 2 nitrogen and oxygen atoms in total. The Kier molecular flexibility index (Phi) is 3.55. The van der Waals surface area contributed by atoms with Crippen LogP contribution < -0.4 is 0 Å². The summed E-state index contributed by atoms with van der Waals surface area (Å²) in [5.41, 5.74) is 0.790. The molecule has 0 fully saturated rings. The molecule has 0 amide bonds. The van der Waals surface area contributed by atoms with Gasteiger partial charge in [-0.2, -0.15) is 4.91 Å². The van der Waals surface area contributed by atoms with E-state index in [1.807, 2.05) is 6.92 Å². The number of hydrogen-bond acceptors (Lipinski definition) is 2. The average molecular weight is 181 g/mol. The predicted molar refractivity (Wildman–Crippen MR) is 49.8 cm³/mol. The Morgan fingerprint density at radius 2 is 2.00 bits per heavy atom. The smallest absolute Gasteiger partial charge is 0.123 e. The van der Waals surface area contributed by atoms with E-state index in [2.05, 4.69) is 5.18 Å². The molecule has 0 aromatic heterocycles. The summed E-state index contributed by atoms with van der Waals surface area (Å²) in [7, 11) is 0. The van der Waals surface area contributed by atoms with Crippen LogP contribution in [0.15, 0.2) is 29.4 Å². The quantitative estimate of drug-likeness (QED) is 0.654. The third kappa shape index (κ3) is 2.61. The van der Waals surface area contributed by atoms with Crippen molar-refractivity contribution in [1.29, 1.82) is 0 Å². The molecule has 0 heterocycles. The van der Waals surface area contributed by atoms with Crippen LogP contribution in [0.25, 0.3) is 0 Å². The monoisotopic (exact) mass is 181 g/mol. The van der Waals surface area contributed by atoms with Crippen LogP contribution in [0.1, 0.15) is 31.4 Å². The second-order valence-corrected chi connectivity index (χ2v) is 2.96. The Balaban J connectivity index is 2.79. The van der Waals surface area contributed by atoms with Crippen LogP contribution in [0.4, 0.5) is 4.39 Å². The van der Waals surface area contributed by atoms with Crippen molar-refractivity contribution < 1.29 is 4.39 Å². The Morgan fingerprint density at radius 1 is 1.38 bits per heavy atom. The fourth-order valence-corrected chi connectivity index (χ4v) is 1.24. The molecule has 3 heteroatoms. The topological polar surface area (TPSA) is 29.4 Å². The standard InChI is InChI=1S/C10H12FNO/c1-2-3-10(12-13)8-4-6-9(11)7-5-8/h4-7,10H,2-3H2,1H3. The molecule has 1 unspecified atom stereocenters. The lowest BCUT2D eigenvalue weighted by Crippen LogP contribution is -1.93. The SMILES string of the molecule is CCCC(N=O)c1ccc(F)cc1. The zero-order valence-electron chi connectivity index (χ0n) is 7.53. The molecule has 0 bridgehead atoms. The van der Waals surface area contributed by atoms with Gasteiger partial charge < -0.3 is 0 Å². The van der Waals surface area contributed by atoms with Crippen LogP contribution >= 0.6 is 0 Å². The lowest BCUT2D eigenvalue weighted by molar-refractivity contribution is 0.615. The fourth-order valence-electron chi connectivity index (χ4n) is 1.24. The first-order valence-corrected chi connectivity index (χ1v) is 4.36. The zero-order valence-corrected chi connectivity index (χ0v) is 7.53. The van der Waals surface area contributed by atoms with E-state index >= 15 is 0 Å². The first kappa shape index (κ1) is 9.84. The Labute approximate surface area is 76.8 Å². The Hall–Kier alpha value is -1.25. The normalized spacial score (nSPS) is 12.5. The molecular formula is C10H12FNO. The Morgan fingerprint density at radius 3 is 2.46 bits per heavy atom. The number of benzene rings is 1. The maximum Gasteiger partial charge on any atom is 0.123 e. The molecule has 0 spiro atoms. The van der Waals surface area contributed by atoms with Crippen LogP contribution in [0.3, 0.4) is 0 Å². The van der Waals surface area contributed by atoms with Crippen molar-refractivity contribution in [3.63, 3.8) is 0 Å². The molecule has 0 saturated heterocycles. The van der Waals surface area contributed by atoms with Crippen LogP contribution in [-0.4, -0.2) is 0 Å². The molecule has 0 N–H and O–H groups in total. The predicted octanol–water partition coefficient (Wildman–Crippen LogP) is 3.43. The molecule has 1 aromatic carbocycles. The molecule has 0 aliphatic carbocycles. The largest absolute Gasteiger partial charge is 0.207 e. The number of nitrogens with zero attached hydrogens (tertiary/aromatic N) is 1. The van der Waals surface area contributed by atoms with Crippen molar-refractivity contribution in [1.82, 2.24) is 0 Å². The van der Waals surface area contributed by atoms with Gasteiger partial charge in [0.1, 0.15) is 11.9 Å². The maximum atomic E-state index is 12.5. The van der Waals surface area contributed by atoms with Crippen molar-refractivity contribution in [3.8, 4) is 0 Å². The second-order valence-electron chi connectivity index (χ2n) is 2.96. The summed E-state index contributed by atoms with van der Waals surface area (Å²) in [6, 6.07) is 5.59. The maximum absolute atomic E-state index is 12.5. The van der Waals surface area contributed by atoms with E-state index in [1.165, 1.54) is 12.1 Å². The number of rotatable bonds is 4. The van der Waals surface area contributed by atoms with E-state index in [0.29, 0.717) is 0 Å². The van der Waals surface area contributed by atoms with Crippen molar-refractivity contribution >= 4 is 0 Å². The molecule has 13 heavy (non-hydrogen) atoms. The van der Waals surface area contributed by atoms with E-state index in [9.17, 15) is 9.30 Å². The Bertz CT molecular complexity index is 271. The summed E-state index contributed by atoms with van der Waals surface area (Å²) in [6.45, 7) is 1.99. The molecule has 1 rings (SSSR count). The molecule has 70 valence electrons. The van der Waals surface area contributed by atoms with Crippen molar-refractivity contribution in [2.24, 2.45) is 5.18 Å². The van der Waals surface area contributed by atoms with Gasteiger partial charge in [0.25, 0.3) is 0 Å². The minimum atomic E-state index is -0.328. The highest BCUT2D eigenvalue weighted by atomic mass is 19.1. The molecular weight excluding hydrogens is 169 g/mol. The van der Waals surface area contributed by atoms with E-state index in [4.69, 9.17) is 0 Å². The van der Waals surface area contributed by atoms with E-state index in [-0.39, 0.29) is 11.9 Å². The van der Waals surface area contributed by atoms with Gasteiger partial charge in [0.05, 0.1) is 0 Å². The van der Waals surface area contributed by atoms with Crippen LogP contribution in [0.2, 0.25) is 0 Å². The molecule has 1 aromatic rings. The summed E-state index contributed by atoms with van der Waals surface area (Å²) in [5.74, 6) is -0.287. The number of nitroso groups, excluding NO2 is 1. The van der Waals surface area contributed by atoms with Crippen molar-refractivity contribution in [2.45, 2.75) is 25.8 Å². The minimum absolute atomic E-state index is 0.287. The highest BCUT2D eigenvalue weighted by Gasteiger charge is 2.09. The van der Waals surface area contributed by atoms with Gasteiger partial charge in [0, 0.05) is 0 Å². The third-order valence-electron chi connectivity index (χ3n) is 1.94. The molecule has 0 saturated carbocycles. The van der Waals surface area contributed by atoms with Crippen LogP contribution in [0, 0.1) is 10.7 Å². The van der Waals surface area contributed by atoms with E-state index < -0.39 is 0 Å². The van der Waals surface area contributed by atoms with Gasteiger partial charge in [-0.1, -0.05) is 30.7 Å². The van der Waals surface area contributed by atoms with Gasteiger partial charge in [-0.05, 0) is 24.1 Å². The third-order valence-corrected chi connectivity index (χ3v) is 1.94. The highest BCUT2D eigenvalue weighted by Crippen LogP contribution is 2.22. The highest BCUT2D eigenvalue weighted by molar-refractivity contribution is 5.19. The summed E-state index contributed by atoms with van der Waals surface area (Å²) in [6.07, 6.45) is 1.61. The molecule has 0 aliphatic rings. The van der Waals surface area contributed by atoms with Crippen molar-refractivity contribution in [3.05, 3.63) is 40.6 Å². The number of halogens is 1. The van der Waals surface area contributed by atoms with Gasteiger partial charge in [-0.3, -0.25) is 0 Å².